The topological polar surface area (TPSA) is 65.1 Å². The smallest absolute Gasteiger partial charge is 0.174 e. The first-order chi connectivity index (χ1) is 22.4. The summed E-state index contributed by atoms with van der Waals surface area (Å²) in [6.07, 6.45) is 3.29. The molecule has 0 aromatic heterocycles. The molecule has 6 nitrogen and oxygen atoms in total. The molecule has 3 aliphatic rings. The Kier molecular flexibility index (Phi) is 9.60. The first kappa shape index (κ1) is 33.7. The van der Waals surface area contributed by atoms with Crippen LogP contribution in [0.15, 0.2) is 77.1 Å². The summed E-state index contributed by atoms with van der Waals surface area (Å²) in [5.41, 5.74) is 5.36. The molecule has 0 saturated heterocycles. The van der Waals surface area contributed by atoms with Crippen LogP contribution in [0.3, 0.4) is 0 Å². The molecule has 0 saturated carbocycles. The lowest BCUT2D eigenvalue weighted by Crippen LogP contribution is -2.44. The van der Waals surface area contributed by atoms with Crippen LogP contribution in [0.5, 0.6) is 11.5 Å². The van der Waals surface area contributed by atoms with E-state index in [4.69, 9.17) is 14.2 Å². The van der Waals surface area contributed by atoms with Crippen molar-refractivity contribution >= 4 is 44.9 Å². The number of nitrogens with zero attached hydrogens (tertiary/aromatic N) is 1. The standard InChI is InChI=1S/C40H46INO5/c1-7-46-34-19-27(18-29(41)38(34)47-24-26-14-10-13-25-12-8-9-15-28(25)26)35-36-30(20-39(2,3)22-32(36)43)42(16-11-17-45-6)31-21-40(4,5)23-33(44)37(31)35/h8-10,12-15,18-19,35H,7,11,16-17,20-24H2,1-6H3. The highest BCUT2D eigenvalue weighted by molar-refractivity contribution is 14.1. The molecule has 0 fully saturated rings. The Labute approximate surface area is 292 Å². The van der Waals surface area contributed by atoms with E-state index in [-0.39, 0.29) is 22.4 Å². The van der Waals surface area contributed by atoms with Gasteiger partial charge in [0.05, 0.1) is 10.2 Å². The van der Waals surface area contributed by atoms with Gasteiger partial charge in [-0.2, -0.15) is 0 Å². The van der Waals surface area contributed by atoms with Crippen molar-refractivity contribution in [3.05, 3.63) is 91.8 Å². The van der Waals surface area contributed by atoms with Crippen LogP contribution < -0.4 is 9.47 Å². The van der Waals surface area contributed by atoms with Gasteiger partial charge < -0.3 is 19.1 Å². The van der Waals surface area contributed by atoms with Gasteiger partial charge in [0.15, 0.2) is 23.1 Å². The lowest BCUT2D eigenvalue weighted by Gasteiger charge is -2.49. The van der Waals surface area contributed by atoms with Gasteiger partial charge in [-0.25, -0.2) is 0 Å². The van der Waals surface area contributed by atoms with Crippen molar-refractivity contribution in [2.45, 2.75) is 79.2 Å². The second kappa shape index (κ2) is 13.4. The van der Waals surface area contributed by atoms with Crippen molar-refractivity contribution in [2.24, 2.45) is 10.8 Å². The summed E-state index contributed by atoms with van der Waals surface area (Å²) in [5, 5.41) is 2.33. The molecule has 7 heteroatoms. The highest BCUT2D eigenvalue weighted by atomic mass is 127. The monoisotopic (exact) mass is 747 g/mol. The summed E-state index contributed by atoms with van der Waals surface area (Å²) in [5.74, 6) is 1.13. The average molecular weight is 748 g/mol. The molecule has 0 bridgehead atoms. The van der Waals surface area contributed by atoms with Gasteiger partial charge in [-0.3, -0.25) is 9.59 Å². The van der Waals surface area contributed by atoms with Gasteiger partial charge in [-0.05, 0) is 93.6 Å². The normalized spacial score (nSPS) is 19.3. The molecule has 0 amide bonds. The zero-order valence-corrected chi connectivity index (χ0v) is 30.7. The summed E-state index contributed by atoms with van der Waals surface area (Å²) in [6.45, 7) is 12.9. The summed E-state index contributed by atoms with van der Waals surface area (Å²) in [6, 6.07) is 18.7. The largest absolute Gasteiger partial charge is 0.490 e. The molecule has 47 heavy (non-hydrogen) atoms. The van der Waals surface area contributed by atoms with Gasteiger partial charge in [0.25, 0.3) is 0 Å². The maximum Gasteiger partial charge on any atom is 0.174 e. The summed E-state index contributed by atoms with van der Waals surface area (Å²) in [7, 11) is 1.72. The van der Waals surface area contributed by atoms with E-state index in [9.17, 15) is 9.59 Å². The van der Waals surface area contributed by atoms with E-state index in [0.717, 1.165) is 61.9 Å². The van der Waals surface area contributed by atoms with Gasteiger partial charge in [0.1, 0.15) is 6.61 Å². The Hall–Kier alpha value is -3.17. The Morgan fingerprint density at radius 3 is 2.13 bits per heavy atom. The number of rotatable bonds is 10. The number of fused-ring (bicyclic) bond motifs is 1. The van der Waals surface area contributed by atoms with Crippen molar-refractivity contribution in [1.82, 2.24) is 4.90 Å². The first-order valence-corrected chi connectivity index (χ1v) is 17.9. The highest BCUT2D eigenvalue weighted by Gasteiger charge is 2.49. The van der Waals surface area contributed by atoms with Crippen molar-refractivity contribution in [3.63, 3.8) is 0 Å². The number of benzene rings is 3. The minimum Gasteiger partial charge on any atom is -0.490 e. The zero-order valence-electron chi connectivity index (χ0n) is 28.5. The molecule has 0 unspecified atom stereocenters. The molecule has 2 aliphatic carbocycles. The number of ether oxygens (including phenoxy) is 3. The number of methoxy groups -OCH3 is 1. The van der Waals surface area contributed by atoms with E-state index in [0.29, 0.717) is 50.7 Å². The van der Waals surface area contributed by atoms with Crippen LogP contribution in [0, 0.1) is 14.4 Å². The van der Waals surface area contributed by atoms with E-state index in [2.05, 4.69) is 91.6 Å². The predicted molar refractivity (Wildman–Crippen MR) is 195 cm³/mol. The fourth-order valence-electron chi connectivity index (χ4n) is 7.74. The van der Waals surface area contributed by atoms with Gasteiger partial charge in [0, 0.05) is 61.6 Å². The van der Waals surface area contributed by atoms with Gasteiger partial charge in [-0.1, -0.05) is 70.2 Å². The fraction of sp³-hybridized carbons (Fsp3) is 0.450. The Balaban J connectivity index is 1.47. The second-order valence-electron chi connectivity index (χ2n) is 14.7. The van der Waals surface area contributed by atoms with Gasteiger partial charge >= 0.3 is 0 Å². The maximum atomic E-state index is 14.2. The quantitative estimate of drug-likeness (QED) is 0.152. The molecular weight excluding hydrogens is 701 g/mol. The molecule has 3 aromatic carbocycles. The molecule has 0 spiro atoms. The van der Waals surface area contributed by atoms with Crippen LogP contribution in [0.4, 0.5) is 0 Å². The highest BCUT2D eigenvalue weighted by Crippen LogP contribution is 2.55. The van der Waals surface area contributed by atoms with Crippen LogP contribution in [0.2, 0.25) is 0 Å². The number of hydrogen-bond donors (Lipinski definition) is 0. The molecule has 0 atom stereocenters. The van der Waals surface area contributed by atoms with Crippen molar-refractivity contribution in [2.75, 3.05) is 26.9 Å². The van der Waals surface area contributed by atoms with Crippen LogP contribution >= 0.6 is 22.6 Å². The van der Waals surface area contributed by atoms with Crippen LogP contribution in [0.25, 0.3) is 10.8 Å². The second-order valence-corrected chi connectivity index (χ2v) is 15.9. The Morgan fingerprint density at radius 2 is 1.49 bits per heavy atom. The third-order valence-corrected chi connectivity index (χ3v) is 10.5. The minimum absolute atomic E-state index is 0.131. The van der Waals surface area contributed by atoms with Crippen molar-refractivity contribution < 1.29 is 23.8 Å². The van der Waals surface area contributed by atoms with E-state index in [1.807, 2.05) is 25.1 Å². The van der Waals surface area contributed by atoms with Crippen molar-refractivity contribution in [1.29, 1.82) is 0 Å². The van der Waals surface area contributed by atoms with Gasteiger partial charge in [0.2, 0.25) is 0 Å². The molecule has 0 radical (unpaired) electrons. The summed E-state index contributed by atoms with van der Waals surface area (Å²) < 4.78 is 19.1. The first-order valence-electron chi connectivity index (χ1n) is 16.8. The third-order valence-electron chi connectivity index (χ3n) is 9.67. The molecule has 1 heterocycles. The fourth-order valence-corrected chi connectivity index (χ4v) is 8.52. The van der Waals surface area contributed by atoms with Crippen LogP contribution in [-0.2, 0) is 20.9 Å². The number of hydrogen-bond acceptors (Lipinski definition) is 6. The molecule has 6 rings (SSSR count). The van der Waals surface area contributed by atoms with E-state index >= 15 is 0 Å². The molecular formula is C40H46INO5. The van der Waals surface area contributed by atoms with Crippen LogP contribution in [-0.4, -0.2) is 43.3 Å². The lowest BCUT2D eigenvalue weighted by molar-refractivity contribution is -0.119. The zero-order chi connectivity index (χ0) is 33.5. The average Bonchev–Trinajstić information content (AvgIpc) is 3.00. The Bertz CT molecular complexity index is 1730. The molecule has 0 N–H and O–H groups in total. The van der Waals surface area contributed by atoms with E-state index in [1.165, 1.54) is 5.39 Å². The predicted octanol–water partition coefficient (Wildman–Crippen LogP) is 9.14. The summed E-state index contributed by atoms with van der Waals surface area (Å²) in [4.78, 5) is 30.8. The lowest BCUT2D eigenvalue weighted by atomic mass is 9.63. The molecule has 3 aromatic rings. The van der Waals surface area contributed by atoms with Crippen LogP contribution in [0.1, 0.15) is 83.8 Å². The third kappa shape index (κ3) is 6.75. The number of halogens is 1. The number of carbonyl (C=O) groups is 2. The number of allylic oxidation sites excluding steroid dienone is 4. The molecule has 248 valence electrons. The minimum atomic E-state index is -0.439. The van der Waals surface area contributed by atoms with E-state index in [1.54, 1.807) is 7.11 Å². The number of Topliss-reactive ketones (excluding diaryl/α,β-unsaturated/α-hetero) is 2. The molecule has 1 aliphatic heterocycles. The van der Waals surface area contributed by atoms with Gasteiger partial charge in [-0.15, -0.1) is 0 Å². The SMILES string of the molecule is CCOc1cc(C2C3=C(CC(C)(C)CC3=O)N(CCCOC)C3=C2C(=O)CC(C)(C)C3)cc(I)c1OCc1cccc2ccccc12. The van der Waals surface area contributed by atoms with E-state index < -0.39 is 5.92 Å². The Morgan fingerprint density at radius 1 is 0.851 bits per heavy atom. The van der Waals surface area contributed by atoms with Crippen molar-refractivity contribution in [3.8, 4) is 11.5 Å². The number of carbonyl (C=O) groups excluding carboxylic acids is 2. The number of ketones is 2. The maximum absolute atomic E-state index is 14.2. The summed E-state index contributed by atoms with van der Waals surface area (Å²) >= 11 is 2.32.